The second kappa shape index (κ2) is 12.2. The van der Waals surface area contributed by atoms with E-state index in [1.54, 1.807) is 18.2 Å². The molecule has 0 radical (unpaired) electrons. The molecule has 5 rings (SSSR count). The van der Waals surface area contributed by atoms with Crippen molar-refractivity contribution in [2.45, 2.75) is 83.7 Å². The molecule has 2 aliphatic rings. The molecular formula is C34H40F2O. The van der Waals surface area contributed by atoms with Crippen LogP contribution in [-0.2, 0) is 6.61 Å². The van der Waals surface area contributed by atoms with Gasteiger partial charge in [0.25, 0.3) is 0 Å². The molecule has 2 saturated carbocycles. The Kier molecular flexibility index (Phi) is 8.59. The van der Waals surface area contributed by atoms with E-state index in [2.05, 4.69) is 13.0 Å². The lowest BCUT2D eigenvalue weighted by Crippen LogP contribution is -2.30. The summed E-state index contributed by atoms with van der Waals surface area (Å²) in [4.78, 5) is 0. The van der Waals surface area contributed by atoms with Gasteiger partial charge in [0.2, 0.25) is 0 Å². The molecule has 3 aromatic rings. The van der Waals surface area contributed by atoms with E-state index in [0.717, 1.165) is 35.3 Å². The minimum absolute atomic E-state index is 0.182. The van der Waals surface area contributed by atoms with Crippen molar-refractivity contribution in [3.8, 4) is 16.9 Å². The molecule has 0 aromatic heterocycles. The molecule has 0 bridgehead atoms. The molecule has 0 saturated heterocycles. The highest BCUT2D eigenvalue weighted by Crippen LogP contribution is 2.48. The van der Waals surface area contributed by atoms with E-state index < -0.39 is 5.82 Å². The van der Waals surface area contributed by atoms with Gasteiger partial charge >= 0.3 is 0 Å². The van der Waals surface area contributed by atoms with Gasteiger partial charge in [0, 0.05) is 5.56 Å². The molecule has 0 amide bonds. The predicted molar refractivity (Wildman–Crippen MR) is 148 cm³/mol. The number of rotatable bonds is 9. The zero-order valence-electron chi connectivity index (χ0n) is 22.1. The predicted octanol–water partition coefficient (Wildman–Crippen LogP) is 10.1. The first kappa shape index (κ1) is 25.9. The third-order valence-corrected chi connectivity index (χ3v) is 8.88. The standard InChI is InChI=1S/C34H40F2O/c1-2-3-5-8-24-11-12-27-20-28(14-13-26(27)19-24)29-15-17-31(32(35)21-29)30-16-18-34(33(36)22-30)37-23-25-9-6-4-7-10-25/h4,6-7,9-10,15-18,21-22,24,26-28H,2-3,5,8,11-14,19-20,23H2,1H3/t24?,26-,27-,28-/m1/s1. The van der Waals surface area contributed by atoms with Crippen molar-refractivity contribution in [2.75, 3.05) is 0 Å². The molecule has 1 unspecified atom stereocenters. The van der Waals surface area contributed by atoms with E-state index in [1.165, 1.54) is 63.9 Å². The quantitative estimate of drug-likeness (QED) is 0.265. The van der Waals surface area contributed by atoms with Crippen molar-refractivity contribution in [3.63, 3.8) is 0 Å². The van der Waals surface area contributed by atoms with E-state index in [1.807, 2.05) is 36.4 Å². The first-order valence-electron chi connectivity index (χ1n) is 14.4. The zero-order chi connectivity index (χ0) is 25.6. The molecule has 37 heavy (non-hydrogen) atoms. The summed E-state index contributed by atoms with van der Waals surface area (Å²) in [6.07, 6.45) is 13.2. The minimum atomic E-state index is -0.472. The van der Waals surface area contributed by atoms with Crippen LogP contribution >= 0.6 is 0 Å². The fourth-order valence-corrected chi connectivity index (χ4v) is 6.77. The molecule has 196 valence electrons. The highest BCUT2D eigenvalue weighted by molar-refractivity contribution is 5.65. The number of hydrogen-bond acceptors (Lipinski definition) is 1. The molecular weight excluding hydrogens is 462 g/mol. The van der Waals surface area contributed by atoms with Gasteiger partial charge in [0.15, 0.2) is 11.6 Å². The van der Waals surface area contributed by atoms with Gasteiger partial charge in [-0.3, -0.25) is 0 Å². The van der Waals surface area contributed by atoms with Gasteiger partial charge in [-0.05, 0) is 90.7 Å². The van der Waals surface area contributed by atoms with Gasteiger partial charge in [0.1, 0.15) is 12.4 Å². The normalized spacial score (nSPS) is 23.4. The van der Waals surface area contributed by atoms with Crippen molar-refractivity contribution in [1.82, 2.24) is 0 Å². The Labute approximate surface area is 221 Å². The van der Waals surface area contributed by atoms with Gasteiger partial charge in [-0.25, -0.2) is 8.78 Å². The van der Waals surface area contributed by atoms with Crippen LogP contribution in [0.15, 0.2) is 66.7 Å². The first-order chi connectivity index (χ1) is 18.1. The van der Waals surface area contributed by atoms with Crippen LogP contribution in [0, 0.1) is 29.4 Å². The molecule has 0 heterocycles. The largest absolute Gasteiger partial charge is 0.486 e. The van der Waals surface area contributed by atoms with Crippen molar-refractivity contribution < 1.29 is 13.5 Å². The van der Waals surface area contributed by atoms with Crippen molar-refractivity contribution in [2.24, 2.45) is 17.8 Å². The summed E-state index contributed by atoms with van der Waals surface area (Å²) in [6, 6.07) is 20.0. The van der Waals surface area contributed by atoms with E-state index in [4.69, 9.17) is 4.74 Å². The van der Waals surface area contributed by atoms with Gasteiger partial charge in [0.05, 0.1) is 0 Å². The maximum atomic E-state index is 15.3. The van der Waals surface area contributed by atoms with Crippen LogP contribution in [0.2, 0.25) is 0 Å². The monoisotopic (exact) mass is 502 g/mol. The summed E-state index contributed by atoms with van der Waals surface area (Å²) >= 11 is 0. The summed E-state index contributed by atoms with van der Waals surface area (Å²) in [7, 11) is 0. The van der Waals surface area contributed by atoms with Crippen LogP contribution in [0.5, 0.6) is 5.75 Å². The molecule has 0 N–H and O–H groups in total. The number of ether oxygens (including phenoxy) is 1. The zero-order valence-corrected chi connectivity index (χ0v) is 22.1. The molecule has 2 fully saturated rings. The first-order valence-corrected chi connectivity index (χ1v) is 14.4. The Morgan fingerprint density at radius 1 is 0.784 bits per heavy atom. The smallest absolute Gasteiger partial charge is 0.165 e. The van der Waals surface area contributed by atoms with Crippen molar-refractivity contribution >= 4 is 0 Å². The Morgan fingerprint density at radius 2 is 1.59 bits per heavy atom. The number of halogens is 2. The SMILES string of the molecule is CCCCCC1CC[C@@H]2C[C@H](c3ccc(-c4ccc(OCc5ccccc5)c(F)c4)c(F)c3)CC[C@@H]2C1. The molecule has 0 aliphatic heterocycles. The molecule has 3 heteroatoms. The highest BCUT2D eigenvalue weighted by atomic mass is 19.1. The average molecular weight is 503 g/mol. The van der Waals surface area contributed by atoms with Crippen molar-refractivity contribution in [1.29, 1.82) is 0 Å². The summed E-state index contributed by atoms with van der Waals surface area (Å²) in [5, 5.41) is 0. The highest BCUT2D eigenvalue weighted by Gasteiger charge is 2.36. The Bertz CT molecular complexity index is 1160. The number of benzene rings is 3. The lowest BCUT2D eigenvalue weighted by molar-refractivity contribution is 0.113. The fraction of sp³-hybridized carbons (Fsp3) is 0.471. The molecule has 3 aromatic carbocycles. The van der Waals surface area contributed by atoms with Gasteiger partial charge in [-0.1, -0.05) is 87.6 Å². The summed E-state index contributed by atoms with van der Waals surface area (Å²) in [6.45, 7) is 2.58. The van der Waals surface area contributed by atoms with Crippen LogP contribution in [0.25, 0.3) is 11.1 Å². The lowest BCUT2D eigenvalue weighted by atomic mass is 9.63. The topological polar surface area (TPSA) is 9.23 Å². The minimum Gasteiger partial charge on any atom is -0.486 e. The Morgan fingerprint density at radius 3 is 2.38 bits per heavy atom. The Hall–Kier alpha value is -2.68. The van der Waals surface area contributed by atoms with Gasteiger partial charge < -0.3 is 4.74 Å². The maximum Gasteiger partial charge on any atom is 0.165 e. The molecule has 4 atom stereocenters. The summed E-state index contributed by atoms with van der Waals surface area (Å²) in [5.41, 5.74) is 3.06. The lowest BCUT2D eigenvalue weighted by Gasteiger charge is -2.42. The van der Waals surface area contributed by atoms with E-state index in [9.17, 15) is 4.39 Å². The number of fused-ring (bicyclic) bond motifs is 1. The van der Waals surface area contributed by atoms with Crippen LogP contribution < -0.4 is 4.74 Å². The van der Waals surface area contributed by atoms with Crippen LogP contribution in [0.3, 0.4) is 0 Å². The fourth-order valence-electron chi connectivity index (χ4n) is 6.77. The second-order valence-corrected chi connectivity index (χ2v) is 11.4. The number of hydrogen-bond donors (Lipinski definition) is 0. The molecule has 0 spiro atoms. The summed E-state index contributed by atoms with van der Waals surface area (Å²) < 4.78 is 35.7. The van der Waals surface area contributed by atoms with E-state index in [-0.39, 0.29) is 11.6 Å². The second-order valence-electron chi connectivity index (χ2n) is 11.4. The van der Waals surface area contributed by atoms with Gasteiger partial charge in [-0.15, -0.1) is 0 Å². The van der Waals surface area contributed by atoms with E-state index >= 15 is 4.39 Å². The third kappa shape index (κ3) is 6.43. The molecule has 2 aliphatic carbocycles. The van der Waals surface area contributed by atoms with Crippen LogP contribution in [-0.4, -0.2) is 0 Å². The number of unbranched alkanes of at least 4 members (excludes halogenated alkanes) is 2. The van der Waals surface area contributed by atoms with Gasteiger partial charge in [-0.2, -0.15) is 0 Å². The average Bonchev–Trinajstić information content (AvgIpc) is 2.93. The third-order valence-electron chi connectivity index (χ3n) is 8.88. The van der Waals surface area contributed by atoms with E-state index in [0.29, 0.717) is 23.7 Å². The summed E-state index contributed by atoms with van der Waals surface area (Å²) in [5.74, 6) is 2.47. The van der Waals surface area contributed by atoms with Crippen molar-refractivity contribution in [3.05, 3.63) is 89.5 Å². The van der Waals surface area contributed by atoms with Crippen LogP contribution in [0.4, 0.5) is 8.78 Å². The maximum absolute atomic E-state index is 15.3. The van der Waals surface area contributed by atoms with Crippen LogP contribution in [0.1, 0.15) is 88.2 Å². The Balaban J connectivity index is 1.20. The molecule has 1 nitrogen and oxygen atoms in total.